The van der Waals surface area contributed by atoms with Crippen molar-refractivity contribution in [2.75, 3.05) is 20.2 Å². The van der Waals surface area contributed by atoms with Gasteiger partial charge >= 0.3 is 11.9 Å². The fourth-order valence-electron chi connectivity index (χ4n) is 3.63. The molecule has 0 aliphatic rings. The third-order valence-electron chi connectivity index (χ3n) is 5.20. The molecular formula is C25H28N4O5. The molecule has 1 heterocycles. The van der Waals surface area contributed by atoms with E-state index in [1.165, 1.54) is 12.0 Å². The van der Waals surface area contributed by atoms with Crippen LogP contribution in [0.4, 0.5) is 0 Å². The molecule has 0 bridgehead atoms. The van der Waals surface area contributed by atoms with Crippen LogP contribution < -0.4 is 5.32 Å². The SMILES string of the molecule is COC(=O)[C@H](Cc1cncn1Cc1ccccc1)NC(=O)CN(CC(=O)O)Cc1ccccc1. The summed E-state index contributed by atoms with van der Waals surface area (Å²) in [5.74, 6) is -2.10. The van der Waals surface area contributed by atoms with Crippen molar-refractivity contribution in [1.29, 1.82) is 0 Å². The van der Waals surface area contributed by atoms with Crippen LogP contribution in [0.3, 0.4) is 0 Å². The molecule has 0 aliphatic heterocycles. The van der Waals surface area contributed by atoms with E-state index in [4.69, 9.17) is 4.74 Å². The van der Waals surface area contributed by atoms with Gasteiger partial charge in [0.05, 0.1) is 26.5 Å². The van der Waals surface area contributed by atoms with Gasteiger partial charge in [-0.1, -0.05) is 60.7 Å². The van der Waals surface area contributed by atoms with Gasteiger partial charge in [-0.25, -0.2) is 9.78 Å². The summed E-state index contributed by atoms with van der Waals surface area (Å²) in [6.07, 6.45) is 3.51. The van der Waals surface area contributed by atoms with Crippen LogP contribution >= 0.6 is 0 Å². The van der Waals surface area contributed by atoms with Gasteiger partial charge in [0.25, 0.3) is 0 Å². The van der Waals surface area contributed by atoms with Crippen molar-refractivity contribution < 1.29 is 24.2 Å². The zero-order valence-corrected chi connectivity index (χ0v) is 19.0. The molecule has 2 aromatic carbocycles. The number of carbonyl (C=O) groups is 3. The van der Waals surface area contributed by atoms with E-state index in [9.17, 15) is 19.5 Å². The summed E-state index contributed by atoms with van der Waals surface area (Å²) in [4.78, 5) is 42.2. The minimum atomic E-state index is -1.04. The molecule has 3 rings (SSSR count). The number of esters is 1. The maximum atomic E-state index is 12.8. The van der Waals surface area contributed by atoms with E-state index < -0.39 is 23.9 Å². The molecule has 9 heteroatoms. The fourth-order valence-corrected chi connectivity index (χ4v) is 3.63. The summed E-state index contributed by atoms with van der Waals surface area (Å²) in [7, 11) is 1.26. The first-order chi connectivity index (χ1) is 16.4. The van der Waals surface area contributed by atoms with Gasteiger partial charge in [0.15, 0.2) is 0 Å². The van der Waals surface area contributed by atoms with E-state index in [0.29, 0.717) is 6.54 Å². The van der Waals surface area contributed by atoms with Crippen LogP contribution in [0.25, 0.3) is 0 Å². The van der Waals surface area contributed by atoms with E-state index in [1.807, 2.05) is 65.2 Å². The van der Waals surface area contributed by atoms with E-state index in [1.54, 1.807) is 12.5 Å². The average molecular weight is 465 g/mol. The molecule has 0 aliphatic carbocycles. The summed E-state index contributed by atoms with van der Waals surface area (Å²) in [5, 5.41) is 11.9. The monoisotopic (exact) mass is 464 g/mol. The van der Waals surface area contributed by atoms with Gasteiger partial charge in [-0.15, -0.1) is 0 Å². The number of ether oxygens (including phenoxy) is 1. The number of nitrogens with zero attached hydrogens (tertiary/aromatic N) is 3. The lowest BCUT2D eigenvalue weighted by Crippen LogP contribution is -2.47. The van der Waals surface area contributed by atoms with Crippen molar-refractivity contribution >= 4 is 17.8 Å². The van der Waals surface area contributed by atoms with Crippen molar-refractivity contribution in [1.82, 2.24) is 19.8 Å². The average Bonchev–Trinajstić information content (AvgIpc) is 3.25. The van der Waals surface area contributed by atoms with Crippen LogP contribution in [0.2, 0.25) is 0 Å². The summed E-state index contributed by atoms with van der Waals surface area (Å²) in [5.41, 5.74) is 2.71. The predicted octanol–water partition coefficient (Wildman–Crippen LogP) is 1.72. The third kappa shape index (κ3) is 7.56. The number of carbonyl (C=O) groups excluding carboxylic acids is 2. The molecule has 9 nitrogen and oxygen atoms in total. The van der Waals surface area contributed by atoms with Crippen LogP contribution in [0.5, 0.6) is 0 Å². The lowest BCUT2D eigenvalue weighted by atomic mass is 10.1. The molecule has 0 unspecified atom stereocenters. The number of carboxylic acid groups (broad SMARTS) is 1. The highest BCUT2D eigenvalue weighted by Crippen LogP contribution is 2.10. The lowest BCUT2D eigenvalue weighted by molar-refractivity contribution is -0.145. The Hall–Kier alpha value is -3.98. The number of rotatable bonds is 12. The summed E-state index contributed by atoms with van der Waals surface area (Å²) >= 11 is 0. The second-order valence-electron chi connectivity index (χ2n) is 7.87. The Labute approximate surface area is 198 Å². The molecular weight excluding hydrogens is 436 g/mol. The number of nitrogens with one attached hydrogen (secondary N) is 1. The molecule has 0 spiro atoms. The van der Waals surface area contributed by atoms with E-state index in [2.05, 4.69) is 10.3 Å². The van der Waals surface area contributed by atoms with Crippen LogP contribution in [-0.4, -0.2) is 63.6 Å². The number of benzene rings is 2. The Morgan fingerprint density at radius 2 is 1.68 bits per heavy atom. The third-order valence-corrected chi connectivity index (χ3v) is 5.20. The largest absolute Gasteiger partial charge is 0.480 e. The second-order valence-corrected chi connectivity index (χ2v) is 7.87. The topological polar surface area (TPSA) is 114 Å². The number of hydrogen-bond donors (Lipinski definition) is 2. The van der Waals surface area contributed by atoms with Crippen LogP contribution in [0.15, 0.2) is 73.2 Å². The molecule has 0 saturated heterocycles. The van der Waals surface area contributed by atoms with Crippen molar-refractivity contribution in [3.63, 3.8) is 0 Å². The van der Waals surface area contributed by atoms with E-state index in [-0.39, 0.29) is 26.1 Å². The Morgan fingerprint density at radius 1 is 1.03 bits per heavy atom. The first-order valence-corrected chi connectivity index (χ1v) is 10.8. The highest BCUT2D eigenvalue weighted by Gasteiger charge is 2.25. The van der Waals surface area contributed by atoms with E-state index >= 15 is 0 Å². The maximum absolute atomic E-state index is 12.8. The smallest absolute Gasteiger partial charge is 0.328 e. The van der Waals surface area contributed by atoms with Gasteiger partial charge in [0.2, 0.25) is 5.91 Å². The normalized spacial score (nSPS) is 11.7. The van der Waals surface area contributed by atoms with Crippen molar-refractivity contribution in [2.24, 2.45) is 0 Å². The van der Waals surface area contributed by atoms with E-state index in [0.717, 1.165) is 16.8 Å². The molecule has 34 heavy (non-hydrogen) atoms. The zero-order chi connectivity index (χ0) is 24.3. The molecule has 1 amide bonds. The van der Waals surface area contributed by atoms with Crippen LogP contribution in [0.1, 0.15) is 16.8 Å². The highest BCUT2D eigenvalue weighted by atomic mass is 16.5. The summed E-state index contributed by atoms with van der Waals surface area (Å²) in [6, 6.07) is 18.2. The zero-order valence-electron chi connectivity index (χ0n) is 19.0. The maximum Gasteiger partial charge on any atom is 0.328 e. The predicted molar refractivity (Wildman–Crippen MR) is 125 cm³/mol. The molecule has 178 valence electrons. The Kier molecular flexibility index (Phi) is 8.93. The number of carboxylic acids is 1. The molecule has 3 aromatic rings. The van der Waals surface area contributed by atoms with Gasteiger partial charge in [-0.2, -0.15) is 0 Å². The number of aliphatic carboxylic acids is 1. The number of amides is 1. The number of aromatic nitrogens is 2. The first-order valence-electron chi connectivity index (χ1n) is 10.8. The van der Waals surface area contributed by atoms with Crippen LogP contribution in [0, 0.1) is 0 Å². The molecule has 0 saturated carbocycles. The van der Waals surface area contributed by atoms with Gasteiger partial charge in [-0.05, 0) is 11.1 Å². The minimum absolute atomic E-state index is 0.183. The molecule has 2 N–H and O–H groups in total. The fraction of sp³-hybridized carbons (Fsp3) is 0.280. The lowest BCUT2D eigenvalue weighted by Gasteiger charge is -2.22. The van der Waals surface area contributed by atoms with Gasteiger partial charge in [0.1, 0.15) is 6.04 Å². The second kappa shape index (κ2) is 12.3. The number of imidazole rings is 1. The summed E-state index contributed by atoms with van der Waals surface area (Å²) < 4.78 is 6.80. The minimum Gasteiger partial charge on any atom is -0.480 e. The Bertz CT molecular complexity index is 1080. The van der Waals surface area contributed by atoms with Crippen LogP contribution in [-0.2, 0) is 38.6 Å². The molecule has 1 atom stereocenters. The van der Waals surface area contributed by atoms with Crippen molar-refractivity contribution in [2.45, 2.75) is 25.6 Å². The number of methoxy groups -OCH3 is 1. The first kappa shape index (κ1) is 24.7. The van der Waals surface area contributed by atoms with Crippen molar-refractivity contribution in [3.05, 3.63) is 90.0 Å². The molecule has 0 fully saturated rings. The number of hydrogen-bond acceptors (Lipinski definition) is 6. The highest BCUT2D eigenvalue weighted by molar-refractivity contribution is 5.86. The Balaban J connectivity index is 1.67. The van der Waals surface area contributed by atoms with Gasteiger partial charge in [0, 0.05) is 31.4 Å². The standard InChI is InChI=1S/C25H28N4O5/c1-34-25(33)22(12-21-13-26-18-29(21)15-20-10-6-3-7-11-20)27-23(30)16-28(17-24(31)32)14-19-8-4-2-5-9-19/h2-11,13,18,22H,12,14-17H2,1H3,(H,27,30)(H,31,32)/t22-/m0/s1. The Morgan fingerprint density at radius 3 is 2.29 bits per heavy atom. The van der Waals surface area contributed by atoms with Gasteiger partial charge in [-0.3, -0.25) is 14.5 Å². The van der Waals surface area contributed by atoms with Crippen molar-refractivity contribution in [3.8, 4) is 0 Å². The van der Waals surface area contributed by atoms with Gasteiger partial charge < -0.3 is 19.7 Å². The molecule has 0 radical (unpaired) electrons. The molecule has 1 aromatic heterocycles. The quantitative estimate of drug-likeness (QED) is 0.392. The summed E-state index contributed by atoms with van der Waals surface area (Å²) in [6.45, 7) is 0.363.